The second-order valence-electron chi connectivity index (χ2n) is 4.58. The Morgan fingerprint density at radius 1 is 1.47 bits per heavy atom. The molecule has 1 saturated heterocycles. The first-order valence-corrected chi connectivity index (χ1v) is 5.60. The maximum atomic E-state index is 12.9. The van der Waals surface area contributed by atoms with Gasteiger partial charge in [0.05, 0.1) is 0 Å². The molecule has 2 rings (SSSR count). The summed E-state index contributed by atoms with van der Waals surface area (Å²) in [4.78, 5) is 25.0. The van der Waals surface area contributed by atoms with Gasteiger partial charge in [-0.2, -0.15) is 0 Å². The first-order chi connectivity index (χ1) is 7.99. The number of carbonyl (C=O) groups is 2. The van der Waals surface area contributed by atoms with Crippen molar-refractivity contribution in [3.8, 4) is 0 Å². The van der Waals surface area contributed by atoms with Gasteiger partial charge in [0, 0.05) is 18.5 Å². The first-order valence-electron chi connectivity index (χ1n) is 5.60. The Hall–Kier alpha value is -1.71. The normalized spacial score (nSPS) is 19.8. The molecule has 0 saturated carbocycles. The third-order valence-corrected chi connectivity index (χ3v) is 2.98. The molecule has 0 N–H and O–H groups in total. The molecular formula is C13H14FNO2. The van der Waals surface area contributed by atoms with Crippen LogP contribution in [0.25, 0.3) is 0 Å². The molecule has 0 radical (unpaired) electrons. The van der Waals surface area contributed by atoms with Gasteiger partial charge in [-0.25, -0.2) is 4.39 Å². The topological polar surface area (TPSA) is 37.4 Å². The van der Waals surface area contributed by atoms with Crippen LogP contribution in [0.4, 0.5) is 4.39 Å². The van der Waals surface area contributed by atoms with Crippen molar-refractivity contribution in [3.63, 3.8) is 0 Å². The molecule has 1 aromatic rings. The van der Waals surface area contributed by atoms with Crippen molar-refractivity contribution in [2.75, 3.05) is 6.54 Å². The van der Waals surface area contributed by atoms with Crippen LogP contribution in [0.5, 0.6) is 0 Å². The molecule has 4 heteroatoms. The summed E-state index contributed by atoms with van der Waals surface area (Å²) >= 11 is 0. The highest BCUT2D eigenvalue weighted by molar-refractivity contribution is 6.06. The van der Waals surface area contributed by atoms with Crippen molar-refractivity contribution in [1.29, 1.82) is 0 Å². The summed E-state index contributed by atoms with van der Waals surface area (Å²) in [7, 11) is 0. The van der Waals surface area contributed by atoms with Gasteiger partial charge in [-0.3, -0.25) is 14.5 Å². The number of benzene rings is 1. The summed E-state index contributed by atoms with van der Waals surface area (Å²) in [6, 6.07) is 3.98. The molecule has 1 fully saturated rings. The molecule has 0 spiro atoms. The van der Waals surface area contributed by atoms with Crippen LogP contribution in [-0.4, -0.2) is 23.3 Å². The zero-order chi connectivity index (χ0) is 12.6. The van der Waals surface area contributed by atoms with Gasteiger partial charge in [0.25, 0.3) is 5.91 Å². The molecule has 0 aliphatic carbocycles. The molecule has 1 heterocycles. The fourth-order valence-electron chi connectivity index (χ4n) is 2.09. The lowest BCUT2D eigenvalue weighted by molar-refractivity contribution is -0.125. The van der Waals surface area contributed by atoms with Gasteiger partial charge in [0.2, 0.25) is 5.91 Å². The molecule has 1 unspecified atom stereocenters. The number of amides is 2. The predicted molar refractivity (Wildman–Crippen MR) is 61.0 cm³/mol. The van der Waals surface area contributed by atoms with E-state index in [0.717, 1.165) is 0 Å². The van der Waals surface area contributed by atoms with Gasteiger partial charge in [-0.15, -0.1) is 0 Å². The quantitative estimate of drug-likeness (QED) is 0.699. The number of aryl methyl sites for hydroxylation is 1. The van der Waals surface area contributed by atoms with Gasteiger partial charge in [0.15, 0.2) is 0 Å². The van der Waals surface area contributed by atoms with E-state index in [2.05, 4.69) is 0 Å². The Bertz CT molecular complexity index is 484. The summed E-state index contributed by atoms with van der Waals surface area (Å²) in [5, 5.41) is 0. The molecule has 3 nitrogen and oxygen atoms in total. The second-order valence-corrected chi connectivity index (χ2v) is 4.58. The lowest BCUT2D eigenvalue weighted by Gasteiger charge is -2.15. The van der Waals surface area contributed by atoms with Crippen LogP contribution in [-0.2, 0) is 4.79 Å². The molecule has 2 amide bonds. The van der Waals surface area contributed by atoms with E-state index in [4.69, 9.17) is 0 Å². The number of imide groups is 1. The molecule has 1 aliphatic heterocycles. The van der Waals surface area contributed by atoms with Gasteiger partial charge in [-0.1, -0.05) is 6.92 Å². The summed E-state index contributed by atoms with van der Waals surface area (Å²) in [5.41, 5.74) is 0.955. The number of nitrogens with zero attached hydrogens (tertiary/aromatic N) is 1. The first kappa shape index (κ1) is 11.8. The predicted octanol–water partition coefficient (Wildman–Crippen LogP) is 2.14. The Labute approximate surface area is 99.2 Å². The minimum absolute atomic E-state index is 0.147. The lowest BCUT2D eigenvalue weighted by Crippen LogP contribution is -2.32. The molecule has 1 aromatic carbocycles. The standard InChI is InChI=1S/C13H14FNO2/c1-8-5-12(16)15(7-8)13(17)11-4-3-10(14)6-9(11)2/h3-4,6,8H,5,7H2,1-2H3. The third kappa shape index (κ3) is 2.20. The van der Waals surface area contributed by atoms with E-state index in [0.29, 0.717) is 24.1 Å². The number of rotatable bonds is 1. The molecule has 0 bridgehead atoms. The van der Waals surface area contributed by atoms with Crippen LogP contribution in [0.15, 0.2) is 18.2 Å². The van der Waals surface area contributed by atoms with E-state index in [1.54, 1.807) is 6.92 Å². The Balaban J connectivity index is 2.28. The minimum Gasteiger partial charge on any atom is -0.278 e. The minimum atomic E-state index is -0.375. The summed E-state index contributed by atoms with van der Waals surface area (Å²) in [6.07, 6.45) is 0.409. The van der Waals surface area contributed by atoms with Crippen molar-refractivity contribution < 1.29 is 14.0 Å². The van der Waals surface area contributed by atoms with Crippen LogP contribution in [0.3, 0.4) is 0 Å². The number of hydrogen-bond acceptors (Lipinski definition) is 2. The highest BCUT2D eigenvalue weighted by atomic mass is 19.1. The Morgan fingerprint density at radius 2 is 2.18 bits per heavy atom. The van der Waals surface area contributed by atoms with E-state index in [1.807, 2.05) is 6.92 Å². The zero-order valence-electron chi connectivity index (χ0n) is 9.87. The van der Waals surface area contributed by atoms with Crippen LogP contribution >= 0.6 is 0 Å². The molecule has 90 valence electrons. The van der Waals surface area contributed by atoms with Gasteiger partial charge < -0.3 is 0 Å². The molecule has 0 aromatic heterocycles. The molecule has 1 aliphatic rings. The second kappa shape index (κ2) is 4.28. The maximum Gasteiger partial charge on any atom is 0.260 e. The van der Waals surface area contributed by atoms with Crippen LogP contribution in [0.1, 0.15) is 29.3 Å². The van der Waals surface area contributed by atoms with Gasteiger partial charge in [0.1, 0.15) is 5.82 Å². The fourth-order valence-corrected chi connectivity index (χ4v) is 2.09. The largest absolute Gasteiger partial charge is 0.278 e. The van der Waals surface area contributed by atoms with Crippen molar-refractivity contribution in [3.05, 3.63) is 35.1 Å². The SMILES string of the molecule is Cc1cc(F)ccc1C(=O)N1CC(C)CC1=O. The average Bonchev–Trinajstić information content (AvgIpc) is 2.57. The number of halogens is 1. The van der Waals surface area contributed by atoms with E-state index >= 15 is 0 Å². The van der Waals surface area contributed by atoms with Gasteiger partial charge >= 0.3 is 0 Å². The van der Waals surface area contributed by atoms with Crippen molar-refractivity contribution in [2.24, 2.45) is 5.92 Å². The van der Waals surface area contributed by atoms with Crippen molar-refractivity contribution >= 4 is 11.8 Å². The van der Waals surface area contributed by atoms with E-state index in [9.17, 15) is 14.0 Å². The summed E-state index contributed by atoms with van der Waals surface area (Å²) < 4.78 is 12.9. The summed E-state index contributed by atoms with van der Waals surface area (Å²) in [6.45, 7) is 4.05. The Morgan fingerprint density at radius 3 is 2.71 bits per heavy atom. The Kier molecular flexibility index (Phi) is 2.96. The molecular weight excluding hydrogens is 221 g/mol. The van der Waals surface area contributed by atoms with Crippen LogP contribution in [0.2, 0.25) is 0 Å². The van der Waals surface area contributed by atoms with E-state index in [-0.39, 0.29) is 23.5 Å². The fraction of sp³-hybridized carbons (Fsp3) is 0.385. The number of likely N-dealkylation sites (tertiary alicyclic amines) is 1. The highest BCUT2D eigenvalue weighted by Crippen LogP contribution is 2.21. The summed E-state index contributed by atoms with van der Waals surface area (Å²) in [5.74, 6) is -0.643. The average molecular weight is 235 g/mol. The zero-order valence-corrected chi connectivity index (χ0v) is 9.87. The lowest BCUT2D eigenvalue weighted by atomic mass is 10.1. The monoisotopic (exact) mass is 235 g/mol. The van der Waals surface area contributed by atoms with Crippen LogP contribution < -0.4 is 0 Å². The number of hydrogen-bond donors (Lipinski definition) is 0. The third-order valence-electron chi connectivity index (χ3n) is 2.98. The van der Waals surface area contributed by atoms with Gasteiger partial charge in [-0.05, 0) is 36.6 Å². The molecule has 1 atom stereocenters. The van der Waals surface area contributed by atoms with E-state index < -0.39 is 0 Å². The highest BCUT2D eigenvalue weighted by Gasteiger charge is 2.32. The van der Waals surface area contributed by atoms with Crippen molar-refractivity contribution in [2.45, 2.75) is 20.3 Å². The van der Waals surface area contributed by atoms with E-state index in [1.165, 1.54) is 23.1 Å². The van der Waals surface area contributed by atoms with Crippen LogP contribution in [0, 0.1) is 18.7 Å². The smallest absolute Gasteiger partial charge is 0.260 e. The molecule has 17 heavy (non-hydrogen) atoms. The van der Waals surface area contributed by atoms with Crippen molar-refractivity contribution in [1.82, 2.24) is 4.90 Å². The number of carbonyl (C=O) groups excluding carboxylic acids is 2. The maximum absolute atomic E-state index is 12.9.